The molecule has 0 unspecified atom stereocenters. The lowest BCUT2D eigenvalue weighted by molar-refractivity contribution is -0.123. The van der Waals surface area contributed by atoms with Gasteiger partial charge in [-0.1, -0.05) is 13.3 Å². The third-order valence-corrected chi connectivity index (χ3v) is 4.18. The van der Waals surface area contributed by atoms with E-state index < -0.39 is 0 Å². The molecule has 0 spiro atoms. The van der Waals surface area contributed by atoms with Crippen molar-refractivity contribution in [3.05, 3.63) is 39.7 Å². The molecular weight excluding hydrogens is 332 g/mol. The lowest BCUT2D eigenvalue weighted by Gasteiger charge is -2.13. The lowest BCUT2D eigenvalue weighted by Crippen LogP contribution is -2.31. The van der Waals surface area contributed by atoms with Gasteiger partial charge in [0.25, 0.3) is 5.91 Å². The average molecular weight is 360 g/mol. The first-order valence-electron chi connectivity index (χ1n) is 9.03. The molecule has 0 aliphatic rings. The van der Waals surface area contributed by atoms with Crippen LogP contribution >= 0.6 is 0 Å². The van der Waals surface area contributed by atoms with E-state index in [2.05, 4.69) is 17.1 Å². The van der Waals surface area contributed by atoms with Gasteiger partial charge in [-0.25, -0.2) is 4.79 Å². The fraction of sp³-hybridized carbons (Fsp3) is 0.500. The Bertz CT molecular complexity index is 811. The number of hydrogen-bond donors (Lipinski definition) is 1. The normalized spacial score (nSPS) is 11.1. The van der Waals surface area contributed by atoms with E-state index in [1.165, 1.54) is 0 Å². The molecular formula is C20H28N2O4. The Balaban J connectivity index is 2.05. The summed E-state index contributed by atoms with van der Waals surface area (Å²) in [6.45, 7) is 5.39. The van der Waals surface area contributed by atoms with Gasteiger partial charge in [0.15, 0.2) is 6.61 Å². The molecule has 6 nitrogen and oxygen atoms in total. The van der Waals surface area contributed by atoms with E-state index in [-0.39, 0.29) is 18.1 Å². The number of carbonyl (C=O) groups excluding carboxylic acids is 1. The van der Waals surface area contributed by atoms with Crippen molar-refractivity contribution < 1.29 is 13.9 Å². The Morgan fingerprint density at radius 1 is 1.31 bits per heavy atom. The minimum absolute atomic E-state index is 0.0623. The quantitative estimate of drug-likeness (QED) is 0.549. The van der Waals surface area contributed by atoms with Crippen molar-refractivity contribution in [2.45, 2.75) is 33.1 Å². The monoisotopic (exact) mass is 360 g/mol. The molecule has 1 aromatic heterocycles. The van der Waals surface area contributed by atoms with Crippen LogP contribution in [0.3, 0.4) is 0 Å². The van der Waals surface area contributed by atoms with Gasteiger partial charge in [0, 0.05) is 23.6 Å². The summed E-state index contributed by atoms with van der Waals surface area (Å²) in [5.74, 6) is 0.391. The Morgan fingerprint density at radius 3 is 2.77 bits per heavy atom. The molecule has 1 N–H and O–H groups in total. The third-order valence-electron chi connectivity index (χ3n) is 4.18. The lowest BCUT2D eigenvalue weighted by atomic mass is 10.0. The number of benzene rings is 1. The molecule has 0 bridgehead atoms. The molecule has 0 radical (unpaired) electrons. The molecule has 2 rings (SSSR count). The maximum Gasteiger partial charge on any atom is 0.336 e. The first kappa shape index (κ1) is 20.0. The number of hydrogen-bond acceptors (Lipinski definition) is 5. The predicted octanol–water partition coefficient (Wildman–Crippen LogP) is 2.50. The minimum atomic E-state index is -0.361. The SMILES string of the molecule is CCCc1cc(=O)oc2c(C)c(OCC(=O)NCCCN(C)C)ccc12. The second-order valence-electron chi connectivity index (χ2n) is 6.70. The first-order chi connectivity index (χ1) is 12.4. The van der Waals surface area contributed by atoms with Gasteiger partial charge in [-0.3, -0.25) is 4.79 Å². The highest BCUT2D eigenvalue weighted by Crippen LogP contribution is 2.28. The number of rotatable bonds is 9. The third kappa shape index (κ3) is 5.33. The zero-order chi connectivity index (χ0) is 19.1. The molecule has 0 saturated heterocycles. The molecule has 6 heteroatoms. The summed E-state index contributed by atoms with van der Waals surface area (Å²) in [7, 11) is 4.00. The van der Waals surface area contributed by atoms with E-state index in [1.807, 2.05) is 33.2 Å². The smallest absolute Gasteiger partial charge is 0.336 e. The number of amides is 1. The molecule has 142 valence electrons. The van der Waals surface area contributed by atoms with Crippen molar-refractivity contribution >= 4 is 16.9 Å². The highest BCUT2D eigenvalue weighted by atomic mass is 16.5. The van der Waals surface area contributed by atoms with Crippen molar-refractivity contribution in [2.24, 2.45) is 0 Å². The van der Waals surface area contributed by atoms with Crippen molar-refractivity contribution in [1.29, 1.82) is 0 Å². The van der Waals surface area contributed by atoms with Crippen molar-refractivity contribution in [3.8, 4) is 5.75 Å². The van der Waals surface area contributed by atoms with Crippen LogP contribution in [-0.2, 0) is 11.2 Å². The Labute approximate surface area is 154 Å². The van der Waals surface area contributed by atoms with Gasteiger partial charge in [0.05, 0.1) is 0 Å². The van der Waals surface area contributed by atoms with Crippen molar-refractivity contribution in [3.63, 3.8) is 0 Å². The highest BCUT2D eigenvalue weighted by Gasteiger charge is 2.12. The minimum Gasteiger partial charge on any atom is -0.483 e. The largest absolute Gasteiger partial charge is 0.483 e. The van der Waals surface area contributed by atoms with E-state index >= 15 is 0 Å². The Morgan fingerprint density at radius 2 is 2.08 bits per heavy atom. The van der Waals surface area contributed by atoms with Gasteiger partial charge in [0.1, 0.15) is 11.3 Å². The van der Waals surface area contributed by atoms with Crippen LogP contribution < -0.4 is 15.7 Å². The van der Waals surface area contributed by atoms with Gasteiger partial charge < -0.3 is 19.4 Å². The first-order valence-corrected chi connectivity index (χ1v) is 9.03. The Kier molecular flexibility index (Phi) is 7.21. The Hall–Kier alpha value is -2.34. The van der Waals surface area contributed by atoms with Crippen molar-refractivity contribution in [1.82, 2.24) is 10.2 Å². The summed E-state index contributed by atoms with van der Waals surface area (Å²) >= 11 is 0. The van der Waals surface area contributed by atoms with Crippen LogP contribution in [0.2, 0.25) is 0 Å². The summed E-state index contributed by atoms with van der Waals surface area (Å²) in [6.07, 6.45) is 2.65. The molecule has 0 atom stereocenters. The molecule has 1 aromatic carbocycles. The number of fused-ring (bicyclic) bond motifs is 1. The molecule has 0 fully saturated rings. The molecule has 1 amide bonds. The van der Waals surface area contributed by atoms with Gasteiger partial charge in [-0.2, -0.15) is 0 Å². The second kappa shape index (κ2) is 9.38. The van der Waals surface area contributed by atoms with Crippen LogP contribution in [0.15, 0.2) is 27.4 Å². The summed E-state index contributed by atoms with van der Waals surface area (Å²) in [5, 5.41) is 3.76. The topological polar surface area (TPSA) is 71.8 Å². The van der Waals surface area contributed by atoms with E-state index in [9.17, 15) is 9.59 Å². The van der Waals surface area contributed by atoms with E-state index in [4.69, 9.17) is 9.15 Å². The number of carbonyl (C=O) groups is 1. The zero-order valence-corrected chi connectivity index (χ0v) is 16.1. The number of aryl methyl sites for hydroxylation is 2. The molecule has 0 aliphatic carbocycles. The van der Waals surface area contributed by atoms with E-state index in [1.54, 1.807) is 6.07 Å². The molecule has 0 saturated carbocycles. The maximum absolute atomic E-state index is 11.9. The van der Waals surface area contributed by atoms with Gasteiger partial charge in [0.2, 0.25) is 0 Å². The van der Waals surface area contributed by atoms with Gasteiger partial charge >= 0.3 is 5.63 Å². The fourth-order valence-electron chi connectivity index (χ4n) is 2.86. The predicted molar refractivity (Wildman–Crippen MR) is 103 cm³/mol. The van der Waals surface area contributed by atoms with Crippen LogP contribution in [0.5, 0.6) is 5.75 Å². The number of nitrogens with zero attached hydrogens (tertiary/aromatic N) is 1. The number of ether oxygens (including phenoxy) is 1. The van der Waals surface area contributed by atoms with Crippen LogP contribution in [0.25, 0.3) is 11.0 Å². The summed E-state index contributed by atoms with van der Waals surface area (Å²) < 4.78 is 11.0. The summed E-state index contributed by atoms with van der Waals surface area (Å²) in [5.41, 5.74) is 1.88. The van der Waals surface area contributed by atoms with Crippen LogP contribution in [-0.4, -0.2) is 44.6 Å². The summed E-state index contributed by atoms with van der Waals surface area (Å²) in [6, 6.07) is 5.27. The van der Waals surface area contributed by atoms with E-state index in [0.717, 1.165) is 42.3 Å². The molecule has 2 aromatic rings. The fourth-order valence-corrected chi connectivity index (χ4v) is 2.86. The average Bonchev–Trinajstić information content (AvgIpc) is 2.59. The maximum atomic E-state index is 11.9. The highest BCUT2D eigenvalue weighted by molar-refractivity contribution is 5.85. The standard InChI is InChI=1S/C20H28N2O4/c1-5-7-15-12-19(24)26-20-14(2)17(9-8-16(15)20)25-13-18(23)21-10-6-11-22(3)4/h8-9,12H,5-7,10-11,13H2,1-4H3,(H,21,23). The van der Waals surface area contributed by atoms with Crippen LogP contribution in [0.4, 0.5) is 0 Å². The van der Waals surface area contributed by atoms with E-state index in [0.29, 0.717) is 17.9 Å². The zero-order valence-electron chi connectivity index (χ0n) is 16.1. The molecule has 0 aliphatic heterocycles. The number of nitrogens with one attached hydrogen (secondary N) is 1. The van der Waals surface area contributed by atoms with Crippen LogP contribution in [0.1, 0.15) is 30.9 Å². The molecule has 1 heterocycles. The molecule has 26 heavy (non-hydrogen) atoms. The van der Waals surface area contributed by atoms with Gasteiger partial charge in [-0.15, -0.1) is 0 Å². The summed E-state index contributed by atoms with van der Waals surface area (Å²) in [4.78, 5) is 25.8. The van der Waals surface area contributed by atoms with Crippen molar-refractivity contribution in [2.75, 3.05) is 33.8 Å². The van der Waals surface area contributed by atoms with Gasteiger partial charge in [-0.05, 0) is 58.1 Å². The second-order valence-corrected chi connectivity index (χ2v) is 6.70. The van der Waals surface area contributed by atoms with Crippen LogP contribution in [0, 0.1) is 6.92 Å².